The third-order valence-corrected chi connectivity index (χ3v) is 4.75. The van der Waals surface area contributed by atoms with Gasteiger partial charge in [0.1, 0.15) is 18.2 Å². The zero-order chi connectivity index (χ0) is 20.4. The molecule has 0 saturated heterocycles. The number of carbonyl (C=O) groups excluding carboxylic acids is 1. The Balaban J connectivity index is 1.42. The molecule has 8 heteroatoms. The van der Waals surface area contributed by atoms with Crippen LogP contribution in [0.4, 0.5) is 4.39 Å². The highest BCUT2D eigenvalue weighted by atomic mass is 19.1. The summed E-state index contributed by atoms with van der Waals surface area (Å²) in [6.07, 6.45) is 1.42. The second-order valence-corrected chi connectivity index (χ2v) is 6.79. The number of esters is 1. The second kappa shape index (κ2) is 8.00. The molecule has 0 fully saturated rings. The van der Waals surface area contributed by atoms with E-state index in [2.05, 4.69) is 4.98 Å². The molecule has 3 aromatic rings. The predicted molar refractivity (Wildman–Crippen MR) is 102 cm³/mol. The number of halogens is 1. The number of rotatable bonds is 5. The van der Waals surface area contributed by atoms with Crippen LogP contribution in [-0.4, -0.2) is 22.3 Å². The summed E-state index contributed by atoms with van der Waals surface area (Å²) >= 11 is 0. The SMILES string of the molecule is Cc1cccc2c(=O)n(CCC(=O)OCc3cc(F)cc4c3OCOC4)cnc12. The highest BCUT2D eigenvalue weighted by Crippen LogP contribution is 2.30. The highest BCUT2D eigenvalue weighted by Gasteiger charge is 2.18. The van der Waals surface area contributed by atoms with Gasteiger partial charge in [0.15, 0.2) is 6.79 Å². The summed E-state index contributed by atoms with van der Waals surface area (Å²) in [5, 5.41) is 0.506. The van der Waals surface area contributed by atoms with Crippen molar-refractivity contribution in [2.45, 2.75) is 33.1 Å². The number of hydrogen-bond acceptors (Lipinski definition) is 6. The Morgan fingerprint density at radius 3 is 3.07 bits per heavy atom. The van der Waals surface area contributed by atoms with Gasteiger partial charge in [0.05, 0.1) is 30.3 Å². The van der Waals surface area contributed by atoms with E-state index in [1.165, 1.54) is 23.0 Å². The summed E-state index contributed by atoms with van der Waals surface area (Å²) in [6, 6.07) is 8.01. The number of ether oxygens (including phenoxy) is 3. The Bertz CT molecular complexity index is 1140. The number of fused-ring (bicyclic) bond motifs is 2. The number of aryl methyl sites for hydroxylation is 2. The molecule has 0 atom stereocenters. The van der Waals surface area contributed by atoms with E-state index in [1.807, 2.05) is 13.0 Å². The van der Waals surface area contributed by atoms with Gasteiger partial charge in [-0.2, -0.15) is 0 Å². The Labute approximate surface area is 165 Å². The minimum absolute atomic E-state index is 0.0135. The zero-order valence-corrected chi connectivity index (χ0v) is 15.8. The number of carbonyl (C=O) groups is 1. The molecule has 0 bridgehead atoms. The molecule has 0 spiro atoms. The molecule has 1 aliphatic heterocycles. The van der Waals surface area contributed by atoms with Crippen molar-refractivity contribution in [2.75, 3.05) is 6.79 Å². The minimum atomic E-state index is -0.508. The average molecular weight is 398 g/mol. The fourth-order valence-electron chi connectivity index (χ4n) is 3.30. The fourth-order valence-corrected chi connectivity index (χ4v) is 3.30. The van der Waals surface area contributed by atoms with E-state index in [1.54, 1.807) is 12.1 Å². The van der Waals surface area contributed by atoms with Crippen molar-refractivity contribution in [3.63, 3.8) is 0 Å². The third kappa shape index (κ3) is 3.97. The quantitative estimate of drug-likeness (QED) is 0.615. The lowest BCUT2D eigenvalue weighted by molar-refractivity contribution is -0.145. The molecule has 0 amide bonds. The van der Waals surface area contributed by atoms with E-state index in [0.29, 0.717) is 27.8 Å². The van der Waals surface area contributed by atoms with Gasteiger partial charge in [0, 0.05) is 17.7 Å². The smallest absolute Gasteiger partial charge is 0.307 e. The van der Waals surface area contributed by atoms with E-state index in [9.17, 15) is 14.0 Å². The first-order valence-corrected chi connectivity index (χ1v) is 9.15. The summed E-state index contributed by atoms with van der Waals surface area (Å²) in [5.41, 5.74) is 2.37. The molecule has 150 valence electrons. The van der Waals surface area contributed by atoms with Crippen molar-refractivity contribution < 1.29 is 23.4 Å². The molecule has 0 N–H and O–H groups in total. The molecule has 2 aromatic carbocycles. The molecular weight excluding hydrogens is 379 g/mol. The standard InChI is InChI=1S/C21H19FN2O5/c1-13-3-2-4-17-19(13)23-11-24(21(17)26)6-5-18(25)28-10-15-8-16(22)7-14-9-27-12-29-20(14)15/h2-4,7-8,11H,5-6,9-10,12H2,1H3. The molecule has 7 nitrogen and oxygen atoms in total. The molecule has 4 rings (SSSR count). The molecular formula is C21H19FN2O5. The van der Waals surface area contributed by atoms with Gasteiger partial charge in [-0.05, 0) is 30.7 Å². The summed E-state index contributed by atoms with van der Waals surface area (Å²) in [5.74, 6) is -0.477. The number of aromatic nitrogens is 2. The molecule has 0 saturated carbocycles. The van der Waals surface area contributed by atoms with Gasteiger partial charge in [-0.25, -0.2) is 9.37 Å². The number of nitrogens with zero attached hydrogens (tertiary/aromatic N) is 2. The van der Waals surface area contributed by atoms with E-state index in [-0.39, 0.29) is 38.5 Å². The van der Waals surface area contributed by atoms with Crippen LogP contribution in [-0.2, 0) is 34.0 Å². The molecule has 0 radical (unpaired) electrons. The first-order chi connectivity index (χ1) is 14.0. The number of benzene rings is 2. The lowest BCUT2D eigenvalue weighted by atomic mass is 10.1. The first kappa shape index (κ1) is 19.1. The van der Waals surface area contributed by atoms with Gasteiger partial charge < -0.3 is 14.2 Å². The maximum absolute atomic E-state index is 13.8. The van der Waals surface area contributed by atoms with Crippen LogP contribution in [0, 0.1) is 12.7 Å². The zero-order valence-electron chi connectivity index (χ0n) is 15.8. The minimum Gasteiger partial charge on any atom is -0.467 e. The highest BCUT2D eigenvalue weighted by molar-refractivity contribution is 5.80. The Hall–Kier alpha value is -3.26. The van der Waals surface area contributed by atoms with Gasteiger partial charge in [0.25, 0.3) is 5.56 Å². The van der Waals surface area contributed by atoms with Crippen molar-refractivity contribution in [1.82, 2.24) is 9.55 Å². The molecule has 1 aliphatic rings. The summed E-state index contributed by atoms with van der Waals surface area (Å²) < 4.78 is 30.9. The first-order valence-electron chi connectivity index (χ1n) is 9.15. The maximum Gasteiger partial charge on any atom is 0.307 e. The Morgan fingerprint density at radius 2 is 2.21 bits per heavy atom. The van der Waals surface area contributed by atoms with E-state index < -0.39 is 11.8 Å². The van der Waals surface area contributed by atoms with E-state index in [4.69, 9.17) is 14.2 Å². The predicted octanol–water partition coefficient (Wildman–Crippen LogP) is 2.84. The number of hydrogen-bond donors (Lipinski definition) is 0. The third-order valence-electron chi connectivity index (χ3n) is 4.75. The lowest BCUT2D eigenvalue weighted by Crippen LogP contribution is -2.22. The van der Waals surface area contributed by atoms with Crippen LogP contribution in [0.1, 0.15) is 23.1 Å². The van der Waals surface area contributed by atoms with Crippen molar-refractivity contribution in [1.29, 1.82) is 0 Å². The summed E-state index contributed by atoms with van der Waals surface area (Å²) in [7, 11) is 0. The van der Waals surface area contributed by atoms with Crippen LogP contribution in [0.2, 0.25) is 0 Å². The van der Waals surface area contributed by atoms with E-state index in [0.717, 1.165) is 5.56 Å². The van der Waals surface area contributed by atoms with Crippen LogP contribution in [0.15, 0.2) is 41.5 Å². The van der Waals surface area contributed by atoms with Gasteiger partial charge in [-0.15, -0.1) is 0 Å². The number of para-hydroxylation sites is 1. The Kier molecular flexibility index (Phi) is 5.26. The maximum atomic E-state index is 13.8. The van der Waals surface area contributed by atoms with Crippen LogP contribution in [0.25, 0.3) is 10.9 Å². The molecule has 2 heterocycles. The van der Waals surface area contributed by atoms with Crippen LogP contribution in [0.3, 0.4) is 0 Å². The molecule has 1 aromatic heterocycles. The molecule has 0 aliphatic carbocycles. The van der Waals surface area contributed by atoms with Crippen molar-refractivity contribution in [2.24, 2.45) is 0 Å². The van der Waals surface area contributed by atoms with Gasteiger partial charge >= 0.3 is 5.97 Å². The summed E-state index contributed by atoms with van der Waals surface area (Å²) in [4.78, 5) is 29.0. The fraction of sp³-hybridized carbons (Fsp3) is 0.286. The van der Waals surface area contributed by atoms with Gasteiger partial charge in [-0.3, -0.25) is 14.2 Å². The summed E-state index contributed by atoms with van der Waals surface area (Å²) in [6.45, 7) is 2.21. The van der Waals surface area contributed by atoms with Gasteiger partial charge in [-0.1, -0.05) is 12.1 Å². The molecule has 29 heavy (non-hydrogen) atoms. The lowest BCUT2D eigenvalue weighted by Gasteiger charge is -2.20. The van der Waals surface area contributed by atoms with Crippen molar-refractivity contribution in [3.05, 3.63) is 69.5 Å². The average Bonchev–Trinajstić information content (AvgIpc) is 2.72. The monoisotopic (exact) mass is 398 g/mol. The Morgan fingerprint density at radius 1 is 1.34 bits per heavy atom. The van der Waals surface area contributed by atoms with Crippen molar-refractivity contribution in [3.8, 4) is 5.75 Å². The molecule has 0 unspecified atom stereocenters. The van der Waals surface area contributed by atoms with Crippen molar-refractivity contribution >= 4 is 16.9 Å². The van der Waals surface area contributed by atoms with Crippen LogP contribution < -0.4 is 10.3 Å². The van der Waals surface area contributed by atoms with Crippen LogP contribution >= 0.6 is 0 Å². The van der Waals surface area contributed by atoms with Gasteiger partial charge in [0.2, 0.25) is 0 Å². The largest absolute Gasteiger partial charge is 0.467 e. The second-order valence-electron chi connectivity index (χ2n) is 6.79. The van der Waals surface area contributed by atoms with E-state index >= 15 is 0 Å². The topological polar surface area (TPSA) is 79.7 Å². The normalized spacial score (nSPS) is 13.0. The van der Waals surface area contributed by atoms with Crippen LogP contribution in [0.5, 0.6) is 5.75 Å².